The fraction of sp³-hybridized carbons (Fsp3) is 0.889. The van der Waals surface area contributed by atoms with E-state index in [9.17, 15) is 5.11 Å². The minimum absolute atomic E-state index is 0.347. The number of rotatable bonds is 2. The molecule has 1 heteroatoms. The van der Waals surface area contributed by atoms with Crippen molar-refractivity contribution in [2.75, 3.05) is 6.61 Å². The van der Waals surface area contributed by atoms with Crippen molar-refractivity contribution in [1.82, 2.24) is 0 Å². The molecule has 0 saturated heterocycles. The molecule has 2 saturated carbocycles. The maximum atomic E-state index is 9.34. The Hall–Kier alpha value is -0.300. The quantitative estimate of drug-likeness (QED) is 0.661. The Bertz CT molecular complexity index is 258. The van der Waals surface area contributed by atoms with Gasteiger partial charge in [-0.3, -0.25) is 0 Å². The molecule has 1 N–H and O–H groups in total. The fourth-order valence-corrected chi connectivity index (χ4v) is 4.23. The topological polar surface area (TPSA) is 20.2 Å². The van der Waals surface area contributed by atoms with Gasteiger partial charge in [-0.15, -0.1) is 0 Å². The molecule has 0 heterocycles. The van der Waals surface area contributed by atoms with Crippen LogP contribution in [0.3, 0.4) is 0 Å². The van der Waals surface area contributed by atoms with Gasteiger partial charge in [-0.1, -0.05) is 53.7 Å². The molecule has 2 fully saturated rings. The molecule has 1 nitrogen and oxygen atoms in total. The molecule has 0 aromatic rings. The van der Waals surface area contributed by atoms with Gasteiger partial charge in [0, 0.05) is 6.61 Å². The van der Waals surface area contributed by atoms with Crippen LogP contribution in [0.15, 0.2) is 12.2 Å². The molecule has 0 radical (unpaired) electrons. The first-order valence-electron chi connectivity index (χ1n) is 8.38. The minimum atomic E-state index is 0.347. The lowest BCUT2D eigenvalue weighted by atomic mass is 9.61. The van der Waals surface area contributed by atoms with Crippen molar-refractivity contribution in [3.63, 3.8) is 0 Å². The molecule has 114 valence electrons. The summed E-state index contributed by atoms with van der Waals surface area (Å²) in [5, 5.41) is 9.34. The van der Waals surface area contributed by atoms with Crippen molar-refractivity contribution >= 4 is 0 Å². The van der Waals surface area contributed by atoms with Crippen molar-refractivity contribution in [3.8, 4) is 0 Å². The molecule has 3 unspecified atom stereocenters. The SMILES string of the molecule is C=C1CCC[C@@]2(C)C1CCC2C(C)CO.CC.CC. The Balaban J connectivity index is 0.000000741. The lowest BCUT2D eigenvalue weighted by Gasteiger charge is -2.43. The second-order valence-corrected chi connectivity index (χ2v) is 5.91. The van der Waals surface area contributed by atoms with Crippen molar-refractivity contribution in [2.24, 2.45) is 23.2 Å². The van der Waals surface area contributed by atoms with Crippen LogP contribution in [0.5, 0.6) is 0 Å². The van der Waals surface area contributed by atoms with Crippen LogP contribution in [0.25, 0.3) is 0 Å². The summed E-state index contributed by atoms with van der Waals surface area (Å²) in [6, 6.07) is 0. The van der Waals surface area contributed by atoms with Crippen LogP contribution in [-0.2, 0) is 0 Å². The first-order chi connectivity index (χ1) is 9.09. The number of hydrogen-bond acceptors (Lipinski definition) is 1. The summed E-state index contributed by atoms with van der Waals surface area (Å²) in [4.78, 5) is 0. The van der Waals surface area contributed by atoms with Gasteiger partial charge in [0.1, 0.15) is 0 Å². The maximum absolute atomic E-state index is 9.34. The zero-order chi connectivity index (χ0) is 15.1. The van der Waals surface area contributed by atoms with E-state index in [4.69, 9.17) is 0 Å². The van der Waals surface area contributed by atoms with Gasteiger partial charge in [-0.25, -0.2) is 0 Å². The van der Waals surface area contributed by atoms with Crippen molar-refractivity contribution in [3.05, 3.63) is 12.2 Å². The number of allylic oxidation sites excluding steroid dienone is 1. The number of aliphatic hydroxyl groups is 1. The van der Waals surface area contributed by atoms with Crippen LogP contribution < -0.4 is 0 Å². The van der Waals surface area contributed by atoms with Crippen LogP contribution >= 0.6 is 0 Å². The summed E-state index contributed by atoms with van der Waals surface area (Å²) in [6.07, 6.45) is 6.49. The largest absolute Gasteiger partial charge is 0.396 e. The van der Waals surface area contributed by atoms with Crippen LogP contribution in [0, 0.1) is 23.2 Å². The summed E-state index contributed by atoms with van der Waals surface area (Å²) in [5.74, 6) is 1.92. The maximum Gasteiger partial charge on any atom is 0.0459 e. The molecule has 4 atom stereocenters. The third-order valence-electron chi connectivity index (χ3n) is 5.09. The van der Waals surface area contributed by atoms with Crippen LogP contribution in [0.2, 0.25) is 0 Å². The molecule has 0 amide bonds. The van der Waals surface area contributed by atoms with Gasteiger partial charge in [0.05, 0.1) is 0 Å². The fourth-order valence-electron chi connectivity index (χ4n) is 4.23. The van der Waals surface area contributed by atoms with Gasteiger partial charge in [-0.2, -0.15) is 0 Å². The Morgan fingerprint density at radius 1 is 1.26 bits per heavy atom. The van der Waals surface area contributed by atoms with Gasteiger partial charge >= 0.3 is 0 Å². The first-order valence-corrected chi connectivity index (χ1v) is 8.38. The highest BCUT2D eigenvalue weighted by molar-refractivity contribution is 5.15. The molecular formula is C18H36O. The summed E-state index contributed by atoms with van der Waals surface area (Å²) in [7, 11) is 0. The molecule has 0 aromatic heterocycles. The summed E-state index contributed by atoms with van der Waals surface area (Å²) in [5.41, 5.74) is 1.92. The molecule has 2 rings (SSSR count). The van der Waals surface area contributed by atoms with Gasteiger partial charge in [-0.05, 0) is 55.3 Å². The average Bonchev–Trinajstić information content (AvgIpc) is 2.81. The summed E-state index contributed by atoms with van der Waals surface area (Å²) < 4.78 is 0. The normalized spacial score (nSPS) is 34.4. The second kappa shape index (κ2) is 8.79. The van der Waals surface area contributed by atoms with E-state index in [1.807, 2.05) is 27.7 Å². The summed E-state index contributed by atoms with van der Waals surface area (Å²) >= 11 is 0. The molecule has 19 heavy (non-hydrogen) atoms. The lowest BCUT2D eigenvalue weighted by molar-refractivity contribution is 0.0692. The molecule has 2 aliphatic carbocycles. The van der Waals surface area contributed by atoms with Gasteiger partial charge in [0.2, 0.25) is 0 Å². The first kappa shape index (κ1) is 18.7. The number of hydrogen-bond donors (Lipinski definition) is 1. The highest BCUT2D eigenvalue weighted by Gasteiger charge is 2.50. The minimum Gasteiger partial charge on any atom is -0.396 e. The standard InChI is InChI=1S/C14H24O.2C2H6/c1-10-5-4-8-14(3)12(10)6-7-13(14)11(2)9-15;2*1-2/h11-13,15H,1,4-9H2,2-3H3;2*1-2H3/t11?,12?,13?,14-;;/m0../s1. The Morgan fingerprint density at radius 2 is 1.84 bits per heavy atom. The van der Waals surface area contributed by atoms with E-state index >= 15 is 0 Å². The van der Waals surface area contributed by atoms with Crippen LogP contribution in [0.1, 0.15) is 73.6 Å². The van der Waals surface area contributed by atoms with Gasteiger partial charge in [0.15, 0.2) is 0 Å². The van der Waals surface area contributed by atoms with E-state index in [2.05, 4.69) is 20.4 Å². The van der Waals surface area contributed by atoms with E-state index in [0.717, 1.165) is 5.92 Å². The van der Waals surface area contributed by atoms with Crippen molar-refractivity contribution in [1.29, 1.82) is 0 Å². The molecular weight excluding hydrogens is 232 g/mol. The predicted molar refractivity (Wildman–Crippen MR) is 86.3 cm³/mol. The number of fused-ring (bicyclic) bond motifs is 1. The zero-order valence-corrected chi connectivity index (χ0v) is 14.1. The van der Waals surface area contributed by atoms with E-state index in [-0.39, 0.29) is 0 Å². The molecule has 0 aliphatic heterocycles. The smallest absolute Gasteiger partial charge is 0.0459 e. The highest BCUT2D eigenvalue weighted by atomic mass is 16.3. The van der Waals surface area contributed by atoms with Gasteiger partial charge < -0.3 is 5.11 Å². The third kappa shape index (κ3) is 3.84. The van der Waals surface area contributed by atoms with Crippen molar-refractivity contribution < 1.29 is 5.11 Å². The highest BCUT2D eigenvalue weighted by Crippen LogP contribution is 2.58. The second-order valence-electron chi connectivity index (χ2n) is 5.91. The molecule has 2 aliphatic rings. The monoisotopic (exact) mass is 268 g/mol. The molecule has 0 spiro atoms. The third-order valence-corrected chi connectivity index (χ3v) is 5.09. The molecule has 0 bridgehead atoms. The Kier molecular flexibility index (Phi) is 8.65. The Morgan fingerprint density at radius 3 is 2.37 bits per heavy atom. The average molecular weight is 268 g/mol. The number of aliphatic hydroxyl groups excluding tert-OH is 1. The van der Waals surface area contributed by atoms with E-state index in [1.54, 1.807) is 0 Å². The van der Waals surface area contributed by atoms with E-state index in [1.165, 1.54) is 37.7 Å². The van der Waals surface area contributed by atoms with Crippen molar-refractivity contribution in [2.45, 2.75) is 73.6 Å². The Labute approximate surface area is 121 Å². The molecule has 0 aromatic carbocycles. The zero-order valence-electron chi connectivity index (χ0n) is 14.1. The van der Waals surface area contributed by atoms with Crippen LogP contribution in [-0.4, -0.2) is 11.7 Å². The lowest BCUT2D eigenvalue weighted by Crippen LogP contribution is -2.36. The van der Waals surface area contributed by atoms with E-state index in [0.29, 0.717) is 23.9 Å². The predicted octanol–water partition coefficient (Wildman–Crippen LogP) is 5.44. The van der Waals surface area contributed by atoms with Crippen LogP contribution in [0.4, 0.5) is 0 Å². The van der Waals surface area contributed by atoms with E-state index < -0.39 is 0 Å². The van der Waals surface area contributed by atoms with Gasteiger partial charge in [0.25, 0.3) is 0 Å². The summed E-state index contributed by atoms with van der Waals surface area (Å²) in [6.45, 7) is 17.2.